The third kappa shape index (κ3) is 7.38. The van der Waals surface area contributed by atoms with Crippen LogP contribution < -0.4 is 4.74 Å². The SMILES string of the molecule is CCCCCC1CCC(C(=O)Oc2ccc(-c3ncc([C@H]4CC[C@H](CCC)CC4)cn3)cc2)CC1. The summed E-state index contributed by atoms with van der Waals surface area (Å²) in [6.45, 7) is 4.54. The topological polar surface area (TPSA) is 52.1 Å². The van der Waals surface area contributed by atoms with Crippen molar-refractivity contribution in [3.05, 3.63) is 42.2 Å². The van der Waals surface area contributed by atoms with Crippen LogP contribution in [0.2, 0.25) is 0 Å². The van der Waals surface area contributed by atoms with Gasteiger partial charge in [0.1, 0.15) is 5.75 Å². The van der Waals surface area contributed by atoms with Crippen LogP contribution in [0.3, 0.4) is 0 Å². The van der Waals surface area contributed by atoms with E-state index in [1.54, 1.807) is 0 Å². The van der Waals surface area contributed by atoms with Gasteiger partial charge in [-0.15, -0.1) is 0 Å². The number of esters is 1. The van der Waals surface area contributed by atoms with Gasteiger partial charge in [0.25, 0.3) is 0 Å². The molecule has 0 atom stereocenters. The summed E-state index contributed by atoms with van der Waals surface area (Å²) < 4.78 is 5.72. The van der Waals surface area contributed by atoms with E-state index in [1.807, 2.05) is 36.7 Å². The number of nitrogens with zero attached hydrogens (tertiary/aromatic N) is 2. The van der Waals surface area contributed by atoms with Crippen molar-refractivity contribution in [2.75, 3.05) is 0 Å². The fourth-order valence-corrected chi connectivity index (χ4v) is 6.13. The molecule has 2 aliphatic rings. The molecule has 0 N–H and O–H groups in total. The molecule has 0 amide bonds. The summed E-state index contributed by atoms with van der Waals surface area (Å²) >= 11 is 0. The molecule has 4 nitrogen and oxygen atoms in total. The van der Waals surface area contributed by atoms with E-state index in [0.717, 1.165) is 48.9 Å². The van der Waals surface area contributed by atoms with Gasteiger partial charge in [0, 0.05) is 18.0 Å². The molecular weight excluding hydrogens is 432 g/mol. The zero-order valence-electron chi connectivity index (χ0n) is 21.9. The van der Waals surface area contributed by atoms with Crippen molar-refractivity contribution in [1.82, 2.24) is 9.97 Å². The lowest BCUT2D eigenvalue weighted by molar-refractivity contribution is -0.140. The number of unbranched alkanes of at least 4 members (excludes halogenated alkanes) is 2. The molecule has 2 aliphatic carbocycles. The lowest BCUT2D eigenvalue weighted by Crippen LogP contribution is -2.25. The van der Waals surface area contributed by atoms with Crippen LogP contribution in [0.4, 0.5) is 0 Å². The largest absolute Gasteiger partial charge is 0.426 e. The van der Waals surface area contributed by atoms with Crippen LogP contribution in [0.1, 0.15) is 115 Å². The maximum Gasteiger partial charge on any atom is 0.314 e. The molecule has 4 rings (SSSR count). The maximum atomic E-state index is 12.7. The molecule has 0 saturated heterocycles. The molecule has 2 fully saturated rings. The second-order valence-corrected chi connectivity index (χ2v) is 11.0. The number of rotatable bonds is 10. The number of benzene rings is 1. The Morgan fingerprint density at radius 1 is 0.800 bits per heavy atom. The predicted molar refractivity (Wildman–Crippen MR) is 142 cm³/mol. The molecule has 1 aromatic heterocycles. The Labute approximate surface area is 212 Å². The van der Waals surface area contributed by atoms with Crippen molar-refractivity contribution in [3.63, 3.8) is 0 Å². The second kappa shape index (κ2) is 13.2. The first-order valence-electron chi connectivity index (χ1n) is 14.3. The lowest BCUT2D eigenvalue weighted by Gasteiger charge is -2.28. The van der Waals surface area contributed by atoms with Crippen LogP contribution >= 0.6 is 0 Å². The van der Waals surface area contributed by atoms with Crippen molar-refractivity contribution in [2.45, 2.75) is 110 Å². The van der Waals surface area contributed by atoms with E-state index < -0.39 is 0 Å². The Bertz CT molecular complexity index is 893. The van der Waals surface area contributed by atoms with E-state index in [-0.39, 0.29) is 11.9 Å². The van der Waals surface area contributed by atoms with Gasteiger partial charge in [0.2, 0.25) is 0 Å². The van der Waals surface area contributed by atoms with Gasteiger partial charge in [-0.2, -0.15) is 0 Å². The Kier molecular flexibility index (Phi) is 9.74. The van der Waals surface area contributed by atoms with Gasteiger partial charge in [-0.1, -0.05) is 52.4 Å². The molecule has 0 bridgehead atoms. The Morgan fingerprint density at radius 3 is 2.06 bits per heavy atom. The average molecular weight is 477 g/mol. The van der Waals surface area contributed by atoms with Crippen molar-refractivity contribution in [2.24, 2.45) is 17.8 Å². The smallest absolute Gasteiger partial charge is 0.314 e. The second-order valence-electron chi connectivity index (χ2n) is 11.0. The van der Waals surface area contributed by atoms with Gasteiger partial charge in [-0.25, -0.2) is 9.97 Å². The molecule has 0 aliphatic heterocycles. The minimum Gasteiger partial charge on any atom is -0.426 e. The number of hydrogen-bond donors (Lipinski definition) is 0. The van der Waals surface area contributed by atoms with Gasteiger partial charge in [-0.05, 0) is 98.9 Å². The summed E-state index contributed by atoms with van der Waals surface area (Å²) in [5.41, 5.74) is 2.23. The van der Waals surface area contributed by atoms with Crippen LogP contribution in [0.25, 0.3) is 11.4 Å². The summed E-state index contributed by atoms with van der Waals surface area (Å²) in [7, 11) is 0. The summed E-state index contributed by atoms with van der Waals surface area (Å²) in [4.78, 5) is 22.0. The fourth-order valence-electron chi connectivity index (χ4n) is 6.13. The first-order valence-corrected chi connectivity index (χ1v) is 14.3. The molecule has 1 aromatic carbocycles. The van der Waals surface area contributed by atoms with Gasteiger partial charge < -0.3 is 4.74 Å². The molecule has 35 heavy (non-hydrogen) atoms. The molecule has 0 unspecified atom stereocenters. The highest BCUT2D eigenvalue weighted by Crippen LogP contribution is 2.37. The van der Waals surface area contributed by atoms with Crippen LogP contribution in [0.15, 0.2) is 36.7 Å². The molecule has 0 spiro atoms. The molecule has 0 radical (unpaired) electrons. The quantitative estimate of drug-likeness (QED) is 0.196. The number of aromatic nitrogens is 2. The number of carbonyl (C=O) groups excluding carboxylic acids is 1. The van der Waals surface area contributed by atoms with E-state index in [1.165, 1.54) is 69.8 Å². The van der Waals surface area contributed by atoms with Crippen LogP contribution in [-0.4, -0.2) is 15.9 Å². The van der Waals surface area contributed by atoms with Gasteiger partial charge in [-0.3, -0.25) is 4.79 Å². The van der Waals surface area contributed by atoms with Gasteiger partial charge >= 0.3 is 5.97 Å². The van der Waals surface area contributed by atoms with Crippen molar-refractivity contribution in [1.29, 1.82) is 0 Å². The Hall–Kier alpha value is -2.23. The number of hydrogen-bond acceptors (Lipinski definition) is 4. The fraction of sp³-hybridized carbons (Fsp3) is 0.645. The van der Waals surface area contributed by atoms with Crippen molar-refractivity contribution >= 4 is 5.97 Å². The number of carbonyl (C=O) groups is 1. The zero-order chi connectivity index (χ0) is 24.5. The van der Waals surface area contributed by atoms with Crippen LogP contribution in [0, 0.1) is 17.8 Å². The first kappa shape index (κ1) is 25.9. The minimum atomic E-state index is -0.0704. The summed E-state index contributed by atoms with van der Waals surface area (Å²) in [6, 6.07) is 7.65. The van der Waals surface area contributed by atoms with E-state index in [0.29, 0.717) is 11.7 Å². The third-order valence-corrected chi connectivity index (χ3v) is 8.41. The Balaban J connectivity index is 1.25. The van der Waals surface area contributed by atoms with Crippen LogP contribution in [-0.2, 0) is 4.79 Å². The standard InChI is InChI=1S/C31H44N2O2/c1-3-5-6-8-24-11-15-27(16-12-24)31(34)35-29-19-17-26(18-20-29)30-32-21-28(22-33-30)25-13-9-23(7-4-2)10-14-25/h17-25,27H,3-16H2,1-2H3/t23-,24?,25-,27?. The molecule has 190 valence electrons. The maximum absolute atomic E-state index is 12.7. The summed E-state index contributed by atoms with van der Waals surface area (Å²) in [6.07, 6.45) is 21.4. The normalized spacial score (nSPS) is 24.7. The van der Waals surface area contributed by atoms with E-state index in [4.69, 9.17) is 4.74 Å². The molecule has 2 saturated carbocycles. The predicted octanol–water partition coefficient (Wildman–Crippen LogP) is 8.51. The summed E-state index contributed by atoms with van der Waals surface area (Å²) in [5, 5.41) is 0. The highest BCUT2D eigenvalue weighted by Gasteiger charge is 2.27. The van der Waals surface area contributed by atoms with Crippen LogP contribution in [0.5, 0.6) is 5.75 Å². The zero-order valence-corrected chi connectivity index (χ0v) is 21.9. The van der Waals surface area contributed by atoms with E-state index in [2.05, 4.69) is 23.8 Å². The summed E-state index contributed by atoms with van der Waals surface area (Å²) in [5.74, 6) is 3.63. The highest BCUT2D eigenvalue weighted by molar-refractivity contribution is 5.75. The van der Waals surface area contributed by atoms with E-state index >= 15 is 0 Å². The van der Waals surface area contributed by atoms with Crippen molar-refractivity contribution in [3.8, 4) is 17.1 Å². The highest BCUT2D eigenvalue weighted by atomic mass is 16.5. The van der Waals surface area contributed by atoms with Crippen molar-refractivity contribution < 1.29 is 9.53 Å². The monoisotopic (exact) mass is 476 g/mol. The average Bonchev–Trinajstić information content (AvgIpc) is 2.90. The number of ether oxygens (including phenoxy) is 1. The van der Waals surface area contributed by atoms with Gasteiger partial charge in [0.05, 0.1) is 5.92 Å². The molecular formula is C31H44N2O2. The Morgan fingerprint density at radius 2 is 1.43 bits per heavy atom. The third-order valence-electron chi connectivity index (χ3n) is 8.41. The lowest BCUT2D eigenvalue weighted by atomic mass is 9.78. The molecule has 1 heterocycles. The van der Waals surface area contributed by atoms with Gasteiger partial charge in [0.15, 0.2) is 5.82 Å². The first-order chi connectivity index (χ1) is 17.2. The van der Waals surface area contributed by atoms with E-state index in [9.17, 15) is 4.79 Å². The molecule has 4 heteroatoms. The molecule has 2 aromatic rings. The minimum absolute atomic E-state index is 0.0463.